The standard InChI is InChI=1S/C12H22N2O2S/c1-5-12(2,16-4)11-14-10(8-17-11)9(13)6-7-15-3/h8-9H,5-7,13H2,1-4H3. The Hall–Kier alpha value is -0.490. The zero-order valence-corrected chi connectivity index (χ0v) is 11.8. The first kappa shape index (κ1) is 14.6. The highest BCUT2D eigenvalue weighted by molar-refractivity contribution is 7.09. The number of aromatic nitrogens is 1. The van der Waals surface area contributed by atoms with Crippen LogP contribution in [0, 0.1) is 0 Å². The quantitative estimate of drug-likeness (QED) is 0.816. The third kappa shape index (κ3) is 3.48. The molecule has 0 aromatic carbocycles. The summed E-state index contributed by atoms with van der Waals surface area (Å²) < 4.78 is 10.6. The third-order valence-corrected chi connectivity index (χ3v) is 4.22. The van der Waals surface area contributed by atoms with Gasteiger partial charge in [0.2, 0.25) is 0 Å². The van der Waals surface area contributed by atoms with E-state index in [-0.39, 0.29) is 11.6 Å². The first-order valence-corrected chi connectivity index (χ1v) is 6.71. The van der Waals surface area contributed by atoms with Crippen LogP contribution in [0.5, 0.6) is 0 Å². The van der Waals surface area contributed by atoms with E-state index in [9.17, 15) is 0 Å². The summed E-state index contributed by atoms with van der Waals surface area (Å²) in [7, 11) is 3.40. The van der Waals surface area contributed by atoms with Crippen molar-refractivity contribution in [1.29, 1.82) is 0 Å². The zero-order chi connectivity index (χ0) is 12.9. The van der Waals surface area contributed by atoms with Gasteiger partial charge in [-0.3, -0.25) is 0 Å². The molecule has 1 aromatic rings. The van der Waals surface area contributed by atoms with E-state index in [1.54, 1.807) is 25.6 Å². The van der Waals surface area contributed by atoms with E-state index in [0.29, 0.717) is 6.61 Å². The van der Waals surface area contributed by atoms with Crippen LogP contribution in [0.2, 0.25) is 0 Å². The minimum Gasteiger partial charge on any atom is -0.385 e. The molecule has 5 heteroatoms. The molecule has 0 saturated carbocycles. The Morgan fingerprint density at radius 1 is 1.53 bits per heavy atom. The monoisotopic (exact) mass is 258 g/mol. The van der Waals surface area contributed by atoms with Crippen LogP contribution in [0.4, 0.5) is 0 Å². The Morgan fingerprint density at radius 3 is 2.76 bits per heavy atom. The highest BCUT2D eigenvalue weighted by Crippen LogP contribution is 2.32. The summed E-state index contributed by atoms with van der Waals surface area (Å²) in [5.74, 6) is 0. The number of nitrogens with zero attached hydrogens (tertiary/aromatic N) is 1. The van der Waals surface area contributed by atoms with Gasteiger partial charge in [-0.2, -0.15) is 0 Å². The summed E-state index contributed by atoms with van der Waals surface area (Å²) in [6, 6.07) is -0.0575. The predicted molar refractivity (Wildman–Crippen MR) is 70.2 cm³/mol. The van der Waals surface area contributed by atoms with Crippen molar-refractivity contribution < 1.29 is 9.47 Å². The van der Waals surface area contributed by atoms with E-state index in [0.717, 1.165) is 23.5 Å². The molecule has 4 nitrogen and oxygen atoms in total. The van der Waals surface area contributed by atoms with Gasteiger partial charge in [-0.1, -0.05) is 6.92 Å². The highest BCUT2D eigenvalue weighted by atomic mass is 32.1. The molecule has 0 spiro atoms. The molecule has 0 radical (unpaired) electrons. The van der Waals surface area contributed by atoms with Crippen molar-refractivity contribution in [2.45, 2.75) is 38.3 Å². The molecule has 2 N–H and O–H groups in total. The number of hydrogen-bond acceptors (Lipinski definition) is 5. The maximum Gasteiger partial charge on any atom is 0.125 e. The molecule has 0 aliphatic rings. The van der Waals surface area contributed by atoms with Gasteiger partial charge >= 0.3 is 0 Å². The molecule has 1 heterocycles. The number of hydrogen-bond donors (Lipinski definition) is 1. The normalized spacial score (nSPS) is 16.8. The Kier molecular flexibility index (Phi) is 5.52. The second kappa shape index (κ2) is 6.44. The maximum atomic E-state index is 6.04. The molecule has 0 aliphatic carbocycles. The van der Waals surface area contributed by atoms with Crippen molar-refractivity contribution in [1.82, 2.24) is 4.98 Å². The van der Waals surface area contributed by atoms with Crippen LogP contribution in [0.25, 0.3) is 0 Å². The Balaban J connectivity index is 2.77. The first-order valence-electron chi connectivity index (χ1n) is 5.83. The minimum atomic E-state index is -0.302. The molecular formula is C12H22N2O2S. The largest absolute Gasteiger partial charge is 0.385 e. The van der Waals surface area contributed by atoms with Gasteiger partial charge in [0.25, 0.3) is 0 Å². The fourth-order valence-corrected chi connectivity index (χ4v) is 2.57. The molecule has 98 valence electrons. The van der Waals surface area contributed by atoms with Crippen molar-refractivity contribution >= 4 is 11.3 Å². The van der Waals surface area contributed by atoms with Gasteiger partial charge in [-0.05, 0) is 19.8 Å². The Morgan fingerprint density at radius 2 is 2.24 bits per heavy atom. The maximum absolute atomic E-state index is 6.04. The molecule has 1 aromatic heterocycles. The van der Waals surface area contributed by atoms with E-state index in [1.165, 1.54) is 0 Å². The van der Waals surface area contributed by atoms with E-state index in [2.05, 4.69) is 18.8 Å². The Labute approximate surface area is 107 Å². The lowest BCUT2D eigenvalue weighted by molar-refractivity contribution is -0.00171. The van der Waals surface area contributed by atoms with Gasteiger partial charge in [0.15, 0.2) is 0 Å². The topological polar surface area (TPSA) is 57.4 Å². The van der Waals surface area contributed by atoms with Gasteiger partial charge in [0.05, 0.1) is 11.7 Å². The van der Waals surface area contributed by atoms with Crippen LogP contribution in [0.3, 0.4) is 0 Å². The summed E-state index contributed by atoms with van der Waals surface area (Å²) in [6.45, 7) is 4.80. The fourth-order valence-electron chi connectivity index (χ4n) is 1.47. The molecule has 2 atom stereocenters. The van der Waals surface area contributed by atoms with E-state index < -0.39 is 0 Å². The second-order valence-electron chi connectivity index (χ2n) is 4.25. The van der Waals surface area contributed by atoms with Crippen molar-refractivity contribution in [2.24, 2.45) is 5.73 Å². The number of ether oxygens (including phenoxy) is 2. The van der Waals surface area contributed by atoms with E-state index in [1.807, 2.05) is 5.38 Å². The van der Waals surface area contributed by atoms with Crippen molar-refractivity contribution in [3.05, 3.63) is 16.1 Å². The summed E-state index contributed by atoms with van der Waals surface area (Å²) >= 11 is 1.61. The fraction of sp³-hybridized carbons (Fsp3) is 0.750. The van der Waals surface area contributed by atoms with Crippen molar-refractivity contribution in [3.8, 4) is 0 Å². The number of rotatable bonds is 7. The molecular weight excluding hydrogens is 236 g/mol. The van der Waals surface area contributed by atoms with Crippen LogP contribution in [0.15, 0.2) is 5.38 Å². The molecule has 2 unspecified atom stereocenters. The van der Waals surface area contributed by atoms with Gasteiger partial charge in [-0.25, -0.2) is 4.98 Å². The van der Waals surface area contributed by atoms with Crippen LogP contribution in [0.1, 0.15) is 43.4 Å². The average Bonchev–Trinajstić information content (AvgIpc) is 2.85. The number of methoxy groups -OCH3 is 2. The lowest BCUT2D eigenvalue weighted by Gasteiger charge is -2.23. The average molecular weight is 258 g/mol. The van der Waals surface area contributed by atoms with Crippen LogP contribution in [-0.2, 0) is 15.1 Å². The second-order valence-corrected chi connectivity index (χ2v) is 5.11. The molecule has 0 saturated heterocycles. The smallest absolute Gasteiger partial charge is 0.125 e. The van der Waals surface area contributed by atoms with Gasteiger partial charge in [0, 0.05) is 26.2 Å². The predicted octanol–water partition coefficient (Wildman–Crippen LogP) is 2.45. The summed E-state index contributed by atoms with van der Waals surface area (Å²) in [5.41, 5.74) is 6.67. The van der Waals surface area contributed by atoms with Gasteiger partial charge < -0.3 is 15.2 Å². The first-order chi connectivity index (χ1) is 8.07. The van der Waals surface area contributed by atoms with Crippen LogP contribution in [-0.4, -0.2) is 25.8 Å². The van der Waals surface area contributed by atoms with Crippen molar-refractivity contribution in [3.63, 3.8) is 0 Å². The molecule has 0 aliphatic heterocycles. The lowest BCUT2D eigenvalue weighted by atomic mass is 10.0. The van der Waals surface area contributed by atoms with E-state index in [4.69, 9.17) is 15.2 Å². The molecule has 0 bridgehead atoms. The summed E-state index contributed by atoms with van der Waals surface area (Å²) in [4.78, 5) is 4.59. The Bertz CT molecular complexity index is 337. The number of thiazole rings is 1. The molecule has 0 fully saturated rings. The lowest BCUT2D eigenvalue weighted by Crippen LogP contribution is -2.23. The van der Waals surface area contributed by atoms with E-state index >= 15 is 0 Å². The van der Waals surface area contributed by atoms with Gasteiger partial charge in [0.1, 0.15) is 10.6 Å². The van der Waals surface area contributed by atoms with Crippen molar-refractivity contribution in [2.75, 3.05) is 20.8 Å². The SMILES string of the molecule is CCC(C)(OC)c1nc(C(N)CCOC)cs1. The molecule has 1 rings (SSSR count). The third-order valence-electron chi connectivity index (χ3n) is 3.11. The molecule has 17 heavy (non-hydrogen) atoms. The minimum absolute atomic E-state index is 0.0575. The molecule has 0 amide bonds. The highest BCUT2D eigenvalue weighted by Gasteiger charge is 2.28. The zero-order valence-electron chi connectivity index (χ0n) is 11.0. The van der Waals surface area contributed by atoms with Crippen LogP contribution >= 0.6 is 11.3 Å². The summed E-state index contributed by atoms with van der Waals surface area (Å²) in [5, 5.41) is 3.01. The van der Waals surface area contributed by atoms with Gasteiger partial charge in [-0.15, -0.1) is 11.3 Å². The summed E-state index contributed by atoms with van der Waals surface area (Å²) in [6.07, 6.45) is 1.68. The number of nitrogens with two attached hydrogens (primary N) is 1. The van der Waals surface area contributed by atoms with Crippen LogP contribution < -0.4 is 5.73 Å².